The van der Waals surface area contributed by atoms with Crippen LogP contribution in [0.15, 0.2) is 36.7 Å². The van der Waals surface area contributed by atoms with Gasteiger partial charge in [0.15, 0.2) is 0 Å². The van der Waals surface area contributed by atoms with Crippen LogP contribution in [0.2, 0.25) is 0 Å². The van der Waals surface area contributed by atoms with Gasteiger partial charge in [0.05, 0.1) is 5.75 Å². The molecule has 0 radical (unpaired) electrons. The molecular formula is C18H26N4O2S. The summed E-state index contributed by atoms with van der Waals surface area (Å²) in [5.41, 5.74) is 0.837. The highest BCUT2D eigenvalue weighted by Gasteiger charge is 2.30. The van der Waals surface area contributed by atoms with Crippen LogP contribution < -0.4 is 0 Å². The predicted octanol–water partition coefficient (Wildman–Crippen LogP) is 2.64. The van der Waals surface area contributed by atoms with Crippen LogP contribution in [0, 0.1) is 5.92 Å². The Morgan fingerprint density at radius 1 is 1.24 bits per heavy atom. The molecule has 1 aromatic heterocycles. The topological polar surface area (TPSA) is 68.1 Å². The highest BCUT2D eigenvalue weighted by molar-refractivity contribution is 7.88. The molecular weight excluding hydrogens is 336 g/mol. The summed E-state index contributed by atoms with van der Waals surface area (Å²) >= 11 is 0. The third-order valence-corrected chi connectivity index (χ3v) is 6.56. The third-order valence-electron chi connectivity index (χ3n) is 4.74. The SMILES string of the molecule is CC(C)n1cnnc1CC1CCCN(S(=O)(=O)Cc2ccccc2)C1. The number of hydrogen-bond acceptors (Lipinski definition) is 4. The van der Waals surface area contributed by atoms with Gasteiger partial charge in [-0.25, -0.2) is 12.7 Å². The molecule has 0 bridgehead atoms. The molecule has 136 valence electrons. The summed E-state index contributed by atoms with van der Waals surface area (Å²) < 4.78 is 29.3. The van der Waals surface area contributed by atoms with Gasteiger partial charge < -0.3 is 4.57 Å². The molecule has 7 heteroatoms. The maximum Gasteiger partial charge on any atom is 0.218 e. The van der Waals surface area contributed by atoms with E-state index in [2.05, 4.69) is 28.6 Å². The number of sulfonamides is 1. The van der Waals surface area contributed by atoms with Crippen LogP contribution in [0.25, 0.3) is 0 Å². The monoisotopic (exact) mass is 362 g/mol. The van der Waals surface area contributed by atoms with Crippen LogP contribution in [0.1, 0.15) is 44.1 Å². The first-order chi connectivity index (χ1) is 12.0. The lowest BCUT2D eigenvalue weighted by Crippen LogP contribution is -2.41. The summed E-state index contributed by atoms with van der Waals surface area (Å²) in [5.74, 6) is 1.31. The van der Waals surface area contributed by atoms with Gasteiger partial charge in [-0.15, -0.1) is 10.2 Å². The normalized spacial score (nSPS) is 19.4. The minimum absolute atomic E-state index is 0.0722. The fourth-order valence-electron chi connectivity index (χ4n) is 3.42. The second-order valence-electron chi connectivity index (χ2n) is 7.06. The maximum absolute atomic E-state index is 12.8. The minimum atomic E-state index is -3.28. The number of hydrogen-bond donors (Lipinski definition) is 0. The summed E-state index contributed by atoms with van der Waals surface area (Å²) in [7, 11) is -3.28. The van der Waals surface area contributed by atoms with Crippen molar-refractivity contribution in [3.8, 4) is 0 Å². The Balaban J connectivity index is 1.67. The van der Waals surface area contributed by atoms with Gasteiger partial charge in [-0.05, 0) is 38.2 Å². The van der Waals surface area contributed by atoms with E-state index in [1.54, 1.807) is 10.6 Å². The maximum atomic E-state index is 12.8. The van der Waals surface area contributed by atoms with Crippen molar-refractivity contribution in [3.05, 3.63) is 48.0 Å². The first-order valence-electron chi connectivity index (χ1n) is 8.86. The molecule has 6 nitrogen and oxygen atoms in total. The summed E-state index contributed by atoms with van der Waals surface area (Å²) in [6, 6.07) is 9.70. The lowest BCUT2D eigenvalue weighted by Gasteiger charge is -2.32. The molecule has 25 heavy (non-hydrogen) atoms. The Hall–Kier alpha value is -1.73. The Kier molecular flexibility index (Phi) is 5.54. The fourth-order valence-corrected chi connectivity index (χ4v) is 5.07. The molecule has 1 unspecified atom stereocenters. The smallest absolute Gasteiger partial charge is 0.218 e. The first-order valence-corrected chi connectivity index (χ1v) is 10.5. The molecule has 0 saturated carbocycles. The molecule has 0 spiro atoms. The van der Waals surface area contributed by atoms with Crippen LogP contribution in [-0.2, 0) is 22.2 Å². The van der Waals surface area contributed by atoms with E-state index in [0.717, 1.165) is 30.7 Å². The van der Waals surface area contributed by atoms with E-state index >= 15 is 0 Å². The minimum Gasteiger partial charge on any atom is -0.315 e. The molecule has 0 N–H and O–H groups in total. The van der Waals surface area contributed by atoms with Crippen molar-refractivity contribution in [1.29, 1.82) is 0 Å². The van der Waals surface area contributed by atoms with Gasteiger partial charge in [-0.2, -0.15) is 0 Å². The standard InChI is InChI=1S/C18H26N4O2S/c1-15(2)22-14-19-20-18(22)11-17-9-6-10-21(12-17)25(23,24)13-16-7-4-3-5-8-16/h3-5,7-8,14-15,17H,6,9-13H2,1-2H3. The van der Waals surface area contributed by atoms with Crippen LogP contribution >= 0.6 is 0 Å². The summed E-state index contributed by atoms with van der Waals surface area (Å²) in [4.78, 5) is 0. The molecule has 1 aliphatic heterocycles. The van der Waals surface area contributed by atoms with E-state index in [4.69, 9.17) is 0 Å². The van der Waals surface area contributed by atoms with Crippen molar-refractivity contribution >= 4 is 10.0 Å². The Morgan fingerprint density at radius 3 is 2.72 bits per heavy atom. The summed E-state index contributed by atoms with van der Waals surface area (Å²) in [6.07, 6.45) is 4.46. The number of piperidine rings is 1. The largest absolute Gasteiger partial charge is 0.315 e. The van der Waals surface area contributed by atoms with Crippen LogP contribution in [0.4, 0.5) is 0 Å². The molecule has 3 rings (SSSR count). The number of benzene rings is 1. The Bertz CT molecular complexity index is 786. The molecule has 0 amide bonds. The second-order valence-corrected chi connectivity index (χ2v) is 9.03. The number of nitrogens with zero attached hydrogens (tertiary/aromatic N) is 4. The van der Waals surface area contributed by atoms with Crippen molar-refractivity contribution in [2.45, 2.75) is 44.9 Å². The molecule has 0 aliphatic carbocycles. The molecule has 2 heterocycles. The third kappa shape index (κ3) is 4.46. The van der Waals surface area contributed by atoms with Crippen LogP contribution in [-0.4, -0.2) is 40.6 Å². The zero-order valence-electron chi connectivity index (χ0n) is 14.9. The van der Waals surface area contributed by atoms with E-state index in [1.807, 2.05) is 30.3 Å². The van der Waals surface area contributed by atoms with E-state index in [1.165, 1.54) is 0 Å². The van der Waals surface area contributed by atoms with E-state index in [-0.39, 0.29) is 5.75 Å². The van der Waals surface area contributed by atoms with Crippen molar-refractivity contribution in [2.75, 3.05) is 13.1 Å². The fraction of sp³-hybridized carbons (Fsp3) is 0.556. The zero-order chi connectivity index (χ0) is 17.9. The zero-order valence-corrected chi connectivity index (χ0v) is 15.7. The Morgan fingerprint density at radius 2 is 2.00 bits per heavy atom. The Labute approximate surface area is 149 Å². The van der Waals surface area contributed by atoms with Gasteiger partial charge in [0.2, 0.25) is 10.0 Å². The van der Waals surface area contributed by atoms with Crippen molar-refractivity contribution in [2.24, 2.45) is 5.92 Å². The van der Waals surface area contributed by atoms with Crippen LogP contribution in [0.5, 0.6) is 0 Å². The van der Waals surface area contributed by atoms with E-state index in [0.29, 0.717) is 25.0 Å². The lowest BCUT2D eigenvalue weighted by atomic mass is 9.96. The average Bonchev–Trinajstić information content (AvgIpc) is 3.04. The van der Waals surface area contributed by atoms with Gasteiger partial charge >= 0.3 is 0 Å². The molecule has 1 aromatic carbocycles. The van der Waals surface area contributed by atoms with Gasteiger partial charge in [0, 0.05) is 25.6 Å². The van der Waals surface area contributed by atoms with E-state index < -0.39 is 10.0 Å². The van der Waals surface area contributed by atoms with Gasteiger partial charge in [0.25, 0.3) is 0 Å². The van der Waals surface area contributed by atoms with Crippen molar-refractivity contribution in [1.82, 2.24) is 19.1 Å². The molecule has 1 saturated heterocycles. The molecule has 1 fully saturated rings. The van der Waals surface area contributed by atoms with Crippen LogP contribution in [0.3, 0.4) is 0 Å². The average molecular weight is 362 g/mol. The summed E-state index contributed by atoms with van der Waals surface area (Å²) in [6.45, 7) is 5.39. The predicted molar refractivity (Wildman–Crippen MR) is 97.5 cm³/mol. The highest BCUT2D eigenvalue weighted by atomic mass is 32.2. The summed E-state index contributed by atoms with van der Waals surface area (Å²) in [5, 5.41) is 8.25. The first kappa shape index (κ1) is 18.1. The van der Waals surface area contributed by atoms with Gasteiger partial charge in [-0.3, -0.25) is 0 Å². The molecule has 1 aliphatic rings. The molecule has 1 atom stereocenters. The lowest BCUT2D eigenvalue weighted by molar-refractivity contribution is 0.260. The van der Waals surface area contributed by atoms with Gasteiger partial charge in [0.1, 0.15) is 12.2 Å². The van der Waals surface area contributed by atoms with Crippen molar-refractivity contribution in [3.63, 3.8) is 0 Å². The quantitative estimate of drug-likeness (QED) is 0.792. The van der Waals surface area contributed by atoms with Gasteiger partial charge in [-0.1, -0.05) is 30.3 Å². The molecule has 2 aromatic rings. The highest BCUT2D eigenvalue weighted by Crippen LogP contribution is 2.24. The second kappa shape index (κ2) is 7.66. The number of rotatable bonds is 6. The van der Waals surface area contributed by atoms with E-state index in [9.17, 15) is 8.42 Å². The number of aromatic nitrogens is 3. The van der Waals surface area contributed by atoms with Crippen molar-refractivity contribution < 1.29 is 8.42 Å².